The number of nitro groups is 1. The van der Waals surface area contributed by atoms with Crippen LogP contribution in [0, 0.1) is 17.0 Å². The van der Waals surface area contributed by atoms with Gasteiger partial charge in [-0.05, 0) is 18.6 Å². The molecule has 0 aliphatic heterocycles. The number of nitro benzene ring substituents is 1. The van der Waals surface area contributed by atoms with Crippen molar-refractivity contribution in [2.75, 3.05) is 0 Å². The average Bonchev–Trinajstić information content (AvgIpc) is 2.95. The molecule has 0 spiro atoms. The van der Waals surface area contributed by atoms with Gasteiger partial charge >= 0.3 is 0 Å². The topological polar surface area (TPSA) is 56.3 Å². The normalized spacial score (nSPS) is 10.0. The van der Waals surface area contributed by atoms with Crippen molar-refractivity contribution in [2.45, 2.75) is 20.8 Å². The van der Waals surface area contributed by atoms with Gasteiger partial charge in [-0.2, -0.15) is 0 Å². The van der Waals surface area contributed by atoms with Gasteiger partial charge in [-0.3, -0.25) is 10.1 Å². The molecule has 0 amide bonds. The lowest BCUT2D eigenvalue weighted by Gasteiger charge is -1.96. The van der Waals surface area contributed by atoms with E-state index in [4.69, 9.17) is 4.42 Å². The van der Waals surface area contributed by atoms with Crippen molar-refractivity contribution >= 4 is 16.7 Å². The maximum atomic E-state index is 10.8. The number of furan rings is 1. The molecule has 0 N–H and O–H groups in total. The largest absolute Gasteiger partial charge is 0.456 e. The molecule has 0 bridgehead atoms. The highest BCUT2D eigenvalue weighted by atomic mass is 16.6. The molecule has 3 rings (SSSR count). The van der Waals surface area contributed by atoms with Crippen molar-refractivity contribution in [3.8, 4) is 11.3 Å². The summed E-state index contributed by atoms with van der Waals surface area (Å²) in [7, 11) is 0. The Morgan fingerprint density at radius 2 is 1.71 bits per heavy atom. The first-order valence-electron chi connectivity index (χ1n) is 6.89. The summed E-state index contributed by atoms with van der Waals surface area (Å²) in [5.74, 6) is 0.721. The second kappa shape index (κ2) is 6.22. The van der Waals surface area contributed by atoms with Gasteiger partial charge in [0.15, 0.2) is 0 Å². The van der Waals surface area contributed by atoms with E-state index in [0.29, 0.717) is 5.58 Å². The van der Waals surface area contributed by atoms with Gasteiger partial charge in [0.25, 0.3) is 5.69 Å². The smallest absolute Gasteiger partial charge is 0.270 e. The van der Waals surface area contributed by atoms with Crippen LogP contribution in [0.5, 0.6) is 0 Å². The number of hydrogen-bond donors (Lipinski definition) is 0. The summed E-state index contributed by atoms with van der Waals surface area (Å²) >= 11 is 0. The molecule has 1 aromatic heterocycles. The molecule has 0 aliphatic carbocycles. The lowest BCUT2D eigenvalue weighted by Crippen LogP contribution is -1.88. The van der Waals surface area contributed by atoms with Gasteiger partial charge in [-0.1, -0.05) is 44.2 Å². The Morgan fingerprint density at radius 1 is 1.05 bits per heavy atom. The molecule has 0 saturated heterocycles. The zero-order valence-electron chi connectivity index (χ0n) is 12.3. The van der Waals surface area contributed by atoms with Crippen molar-refractivity contribution in [3.05, 3.63) is 64.2 Å². The number of aryl methyl sites for hydroxylation is 1. The quantitative estimate of drug-likeness (QED) is 0.471. The molecule has 3 aromatic rings. The van der Waals surface area contributed by atoms with Gasteiger partial charge in [0.2, 0.25) is 0 Å². The molecule has 0 radical (unpaired) electrons. The van der Waals surface area contributed by atoms with Gasteiger partial charge in [-0.15, -0.1) is 0 Å². The van der Waals surface area contributed by atoms with Crippen LogP contribution in [-0.2, 0) is 0 Å². The molecule has 21 heavy (non-hydrogen) atoms. The lowest BCUT2D eigenvalue weighted by atomic mass is 10.1. The molecule has 0 unspecified atom stereocenters. The zero-order chi connectivity index (χ0) is 15.4. The SMILES string of the molecule is CC.Cc1cc([N+](=O)[O-])cc2cc(-c3ccccc3)oc12. The predicted molar refractivity (Wildman–Crippen MR) is 84.4 cm³/mol. The molecule has 108 valence electrons. The third-order valence-corrected chi connectivity index (χ3v) is 3.06. The molecule has 0 saturated carbocycles. The molecular weight excluding hydrogens is 266 g/mol. The van der Waals surface area contributed by atoms with Crippen molar-refractivity contribution in [3.63, 3.8) is 0 Å². The van der Waals surface area contributed by atoms with E-state index in [1.807, 2.05) is 57.2 Å². The maximum Gasteiger partial charge on any atom is 0.270 e. The van der Waals surface area contributed by atoms with Crippen LogP contribution in [0.3, 0.4) is 0 Å². The van der Waals surface area contributed by atoms with Gasteiger partial charge in [0.1, 0.15) is 11.3 Å². The van der Waals surface area contributed by atoms with Crippen molar-refractivity contribution < 1.29 is 9.34 Å². The van der Waals surface area contributed by atoms with Crippen LogP contribution in [0.15, 0.2) is 52.9 Å². The van der Waals surface area contributed by atoms with E-state index in [2.05, 4.69) is 0 Å². The van der Waals surface area contributed by atoms with Gasteiger partial charge in [0.05, 0.1) is 4.92 Å². The minimum Gasteiger partial charge on any atom is -0.456 e. The number of benzene rings is 2. The van der Waals surface area contributed by atoms with Crippen molar-refractivity contribution in [2.24, 2.45) is 0 Å². The number of nitrogens with zero attached hydrogens (tertiary/aromatic N) is 1. The third kappa shape index (κ3) is 2.94. The van der Waals surface area contributed by atoms with Gasteiger partial charge < -0.3 is 4.42 Å². The molecule has 4 nitrogen and oxygen atoms in total. The highest BCUT2D eigenvalue weighted by molar-refractivity contribution is 5.87. The minimum atomic E-state index is -0.387. The standard InChI is InChI=1S/C15H11NO3.C2H6/c1-10-7-13(16(17)18)8-12-9-14(19-15(10)12)11-5-3-2-4-6-11;1-2/h2-9H,1H3;1-2H3. The Kier molecular flexibility index (Phi) is 4.38. The monoisotopic (exact) mass is 283 g/mol. The third-order valence-electron chi connectivity index (χ3n) is 3.06. The van der Waals surface area contributed by atoms with Crippen molar-refractivity contribution in [1.82, 2.24) is 0 Å². The van der Waals surface area contributed by atoms with Crippen LogP contribution < -0.4 is 0 Å². The van der Waals surface area contributed by atoms with Gasteiger partial charge in [0, 0.05) is 23.1 Å². The Labute approximate surface area is 123 Å². The Bertz CT molecular complexity index is 760. The van der Waals surface area contributed by atoms with Crippen LogP contribution in [0.2, 0.25) is 0 Å². The molecule has 1 heterocycles. The fourth-order valence-electron chi connectivity index (χ4n) is 2.16. The molecule has 0 fully saturated rings. The van der Waals surface area contributed by atoms with Crippen molar-refractivity contribution in [1.29, 1.82) is 0 Å². The lowest BCUT2D eigenvalue weighted by molar-refractivity contribution is -0.384. The summed E-state index contributed by atoms with van der Waals surface area (Å²) in [5, 5.41) is 11.6. The highest BCUT2D eigenvalue weighted by Crippen LogP contribution is 2.32. The first-order chi connectivity index (χ1) is 10.1. The van der Waals surface area contributed by atoms with E-state index in [9.17, 15) is 10.1 Å². The second-order valence-electron chi connectivity index (χ2n) is 4.41. The highest BCUT2D eigenvalue weighted by Gasteiger charge is 2.14. The average molecular weight is 283 g/mol. The zero-order valence-corrected chi connectivity index (χ0v) is 12.3. The minimum absolute atomic E-state index is 0.0883. The van der Waals surface area contributed by atoms with E-state index in [1.54, 1.807) is 0 Å². The predicted octanol–water partition coefficient (Wildman–Crippen LogP) is 5.34. The van der Waals surface area contributed by atoms with Crippen LogP contribution in [0.25, 0.3) is 22.3 Å². The van der Waals surface area contributed by atoms with Crippen LogP contribution in [0.4, 0.5) is 5.69 Å². The summed E-state index contributed by atoms with van der Waals surface area (Å²) in [6.07, 6.45) is 0. The van der Waals surface area contributed by atoms with E-state index in [0.717, 1.165) is 22.3 Å². The summed E-state index contributed by atoms with van der Waals surface area (Å²) < 4.78 is 5.80. The van der Waals surface area contributed by atoms with E-state index >= 15 is 0 Å². The number of fused-ring (bicyclic) bond motifs is 1. The summed E-state index contributed by atoms with van der Waals surface area (Å²) in [5.41, 5.74) is 2.52. The first-order valence-corrected chi connectivity index (χ1v) is 6.89. The summed E-state index contributed by atoms with van der Waals surface area (Å²) in [4.78, 5) is 10.5. The van der Waals surface area contributed by atoms with E-state index in [1.165, 1.54) is 12.1 Å². The summed E-state index contributed by atoms with van der Waals surface area (Å²) in [6, 6.07) is 14.6. The molecule has 0 aliphatic rings. The molecule has 0 atom stereocenters. The number of non-ortho nitro benzene ring substituents is 1. The fourth-order valence-corrected chi connectivity index (χ4v) is 2.16. The summed E-state index contributed by atoms with van der Waals surface area (Å²) in [6.45, 7) is 5.81. The Hall–Kier alpha value is -2.62. The van der Waals surface area contributed by atoms with Gasteiger partial charge in [-0.25, -0.2) is 0 Å². The van der Waals surface area contributed by atoms with Crippen LogP contribution in [-0.4, -0.2) is 4.92 Å². The molecule has 4 heteroatoms. The molecule has 2 aromatic carbocycles. The van der Waals surface area contributed by atoms with E-state index < -0.39 is 0 Å². The first kappa shape index (κ1) is 14.8. The maximum absolute atomic E-state index is 10.8. The Balaban J connectivity index is 0.000000774. The van der Waals surface area contributed by atoms with Crippen LogP contribution >= 0.6 is 0 Å². The second-order valence-corrected chi connectivity index (χ2v) is 4.41. The van der Waals surface area contributed by atoms with Crippen LogP contribution in [0.1, 0.15) is 19.4 Å². The number of rotatable bonds is 2. The van der Waals surface area contributed by atoms with E-state index in [-0.39, 0.29) is 10.6 Å². The molecular formula is C17H17NO3. The fraction of sp³-hybridized carbons (Fsp3) is 0.176. The number of hydrogen-bond acceptors (Lipinski definition) is 3. The Morgan fingerprint density at radius 3 is 2.33 bits per heavy atom.